The van der Waals surface area contributed by atoms with E-state index in [1.54, 1.807) is 20.8 Å². The largest absolute Gasteiger partial charge is 0.444 e. The standard InChI is InChI=1S/C40H55FN4O6/c1-39(2,3)51-38(49)43-31(24-41)26-12-14-27(15-13-26)36(47)44-21-18-30(25-10-6-4-7-11-25)34(44)35(46)42-29-16-17-32-28(22-29)23-33-37(48)50-40(45(32)33)19-8-5-9-20-40/h16-17,22-23,25-27,30-31,34H,4-15,18-21,24H2,1-3H3,(H,42,46)(H,43,49)/t26-,27-,30-,31?,34-/m0/s1. The third kappa shape index (κ3) is 7.23. The van der Waals surface area contributed by atoms with E-state index in [2.05, 4.69) is 15.2 Å². The zero-order valence-corrected chi connectivity index (χ0v) is 30.5. The molecule has 4 fully saturated rings. The van der Waals surface area contributed by atoms with Gasteiger partial charge in [-0.2, -0.15) is 0 Å². The number of carbonyl (C=O) groups excluding carboxylic acids is 4. The van der Waals surface area contributed by atoms with Gasteiger partial charge in [0.1, 0.15) is 24.0 Å². The summed E-state index contributed by atoms with van der Waals surface area (Å²) in [5.74, 6) is -0.250. The van der Waals surface area contributed by atoms with Crippen LogP contribution >= 0.6 is 0 Å². The van der Waals surface area contributed by atoms with Gasteiger partial charge in [0.2, 0.25) is 11.8 Å². The lowest BCUT2D eigenvalue weighted by atomic mass is 9.76. The monoisotopic (exact) mass is 706 g/mol. The average Bonchev–Trinajstić information content (AvgIpc) is 3.80. The molecule has 51 heavy (non-hydrogen) atoms. The Labute approximate surface area is 300 Å². The fourth-order valence-corrected chi connectivity index (χ4v) is 10.00. The van der Waals surface area contributed by atoms with E-state index in [1.165, 1.54) is 6.42 Å². The molecular formula is C40H55FN4O6. The minimum atomic E-state index is -0.692. The summed E-state index contributed by atoms with van der Waals surface area (Å²) in [5.41, 5.74) is 0.857. The first-order valence-electron chi connectivity index (χ1n) is 19.5. The van der Waals surface area contributed by atoms with E-state index in [0.29, 0.717) is 49.5 Å². The Balaban J connectivity index is 1.06. The van der Waals surface area contributed by atoms with Gasteiger partial charge in [0, 0.05) is 36.4 Å². The number of ether oxygens (including phenoxy) is 2. The van der Waals surface area contributed by atoms with E-state index < -0.39 is 36.2 Å². The van der Waals surface area contributed by atoms with Gasteiger partial charge in [-0.25, -0.2) is 14.0 Å². The number of alkyl halides is 1. The molecule has 11 heteroatoms. The van der Waals surface area contributed by atoms with Crippen LogP contribution in [0.1, 0.15) is 128 Å². The number of aromatic nitrogens is 1. The number of nitrogens with one attached hydrogen (secondary N) is 2. The van der Waals surface area contributed by atoms with E-state index in [-0.39, 0.29) is 35.5 Å². The maximum atomic E-state index is 14.3. The average molecular weight is 707 g/mol. The van der Waals surface area contributed by atoms with Crippen molar-refractivity contribution in [3.8, 4) is 0 Å². The van der Waals surface area contributed by atoms with Crippen LogP contribution in [-0.2, 0) is 24.8 Å². The number of rotatable bonds is 7. The fraction of sp³-hybridized carbons (Fsp3) is 0.700. The minimum absolute atomic E-state index is 0.0133. The zero-order chi connectivity index (χ0) is 35.9. The van der Waals surface area contributed by atoms with E-state index in [9.17, 15) is 23.6 Å². The Morgan fingerprint density at radius 1 is 0.961 bits per heavy atom. The number of amides is 3. The van der Waals surface area contributed by atoms with Gasteiger partial charge in [0.25, 0.3) is 0 Å². The van der Waals surface area contributed by atoms with E-state index in [0.717, 1.165) is 75.1 Å². The molecule has 278 valence electrons. The number of halogens is 1. The van der Waals surface area contributed by atoms with Gasteiger partial charge in [0.15, 0.2) is 5.72 Å². The molecule has 1 aromatic carbocycles. The molecule has 3 heterocycles. The smallest absolute Gasteiger partial charge is 0.407 e. The summed E-state index contributed by atoms with van der Waals surface area (Å²) in [6.07, 6.45) is 13.1. The molecule has 3 amide bonds. The van der Waals surface area contributed by atoms with Crippen molar-refractivity contribution in [2.75, 3.05) is 18.5 Å². The molecule has 3 atom stereocenters. The second kappa shape index (κ2) is 14.4. The second-order valence-electron chi connectivity index (χ2n) is 16.9. The Morgan fingerprint density at radius 2 is 1.67 bits per heavy atom. The summed E-state index contributed by atoms with van der Waals surface area (Å²) in [6.45, 7) is 5.18. The van der Waals surface area contributed by atoms with Crippen LogP contribution in [0.2, 0.25) is 0 Å². The Kier molecular flexibility index (Phi) is 10.1. The van der Waals surface area contributed by atoms with Crippen molar-refractivity contribution in [2.45, 2.75) is 140 Å². The Hall–Kier alpha value is -3.63. The summed E-state index contributed by atoms with van der Waals surface area (Å²) in [5, 5.41) is 6.79. The number of fused-ring (bicyclic) bond motifs is 4. The van der Waals surface area contributed by atoms with Crippen LogP contribution in [0.3, 0.4) is 0 Å². The van der Waals surface area contributed by atoms with E-state index in [1.807, 2.05) is 29.2 Å². The third-order valence-electron chi connectivity index (χ3n) is 12.4. The molecule has 1 aromatic heterocycles. The maximum absolute atomic E-state index is 14.3. The van der Waals surface area contributed by atoms with Crippen LogP contribution in [0.5, 0.6) is 0 Å². The lowest BCUT2D eigenvalue weighted by Gasteiger charge is -2.37. The summed E-state index contributed by atoms with van der Waals surface area (Å²) in [4.78, 5) is 55.7. The topological polar surface area (TPSA) is 119 Å². The second-order valence-corrected chi connectivity index (χ2v) is 16.9. The lowest BCUT2D eigenvalue weighted by Crippen LogP contribution is -2.50. The molecule has 7 rings (SSSR count). The van der Waals surface area contributed by atoms with Gasteiger partial charge in [-0.1, -0.05) is 38.5 Å². The lowest BCUT2D eigenvalue weighted by molar-refractivity contribution is -0.142. The molecule has 3 aliphatic carbocycles. The molecule has 2 N–H and O–H groups in total. The number of nitrogens with zero attached hydrogens (tertiary/aromatic N) is 2. The Morgan fingerprint density at radius 3 is 2.35 bits per heavy atom. The summed E-state index contributed by atoms with van der Waals surface area (Å²) < 4.78 is 27.5. The molecule has 1 spiro atoms. The predicted octanol–water partition coefficient (Wildman–Crippen LogP) is 7.83. The highest BCUT2D eigenvalue weighted by Crippen LogP contribution is 2.46. The molecule has 0 bridgehead atoms. The van der Waals surface area contributed by atoms with Crippen LogP contribution in [-0.4, -0.2) is 64.2 Å². The number of benzene rings is 1. The highest BCUT2D eigenvalue weighted by molar-refractivity contribution is 6.02. The van der Waals surface area contributed by atoms with Crippen LogP contribution in [0, 0.1) is 23.7 Å². The first-order chi connectivity index (χ1) is 24.5. The van der Waals surface area contributed by atoms with E-state index >= 15 is 0 Å². The van der Waals surface area contributed by atoms with Crippen molar-refractivity contribution in [1.82, 2.24) is 14.8 Å². The first kappa shape index (κ1) is 35.8. The third-order valence-corrected chi connectivity index (χ3v) is 12.4. The van der Waals surface area contributed by atoms with Gasteiger partial charge in [-0.05, 0) is 108 Å². The molecule has 10 nitrogen and oxygen atoms in total. The molecule has 1 saturated heterocycles. The van der Waals surface area contributed by atoms with Crippen LogP contribution < -0.4 is 10.6 Å². The fourth-order valence-electron chi connectivity index (χ4n) is 10.00. The first-order valence-corrected chi connectivity index (χ1v) is 19.5. The number of alkyl carbamates (subject to hydrolysis) is 1. The maximum Gasteiger partial charge on any atom is 0.407 e. The van der Waals surface area contributed by atoms with Crippen LogP contribution in [0.4, 0.5) is 14.9 Å². The van der Waals surface area contributed by atoms with Gasteiger partial charge in [0.05, 0.1) is 11.6 Å². The SMILES string of the molecule is CC(C)(C)OC(=O)NC(CF)[C@H]1CC[C@H](C(=O)N2CC[C@@H](C3CCCCC3)[C@H]2C(=O)Nc2ccc3c(c2)cc2n3C3(CCCCC3)OC2=O)CC1. The highest BCUT2D eigenvalue weighted by atomic mass is 19.1. The molecule has 3 saturated carbocycles. The molecule has 5 aliphatic rings. The zero-order valence-electron chi connectivity index (χ0n) is 30.5. The molecular weight excluding hydrogens is 651 g/mol. The minimum Gasteiger partial charge on any atom is -0.444 e. The van der Waals surface area contributed by atoms with Crippen molar-refractivity contribution in [3.63, 3.8) is 0 Å². The van der Waals surface area contributed by atoms with Gasteiger partial charge in [-0.15, -0.1) is 0 Å². The highest BCUT2D eigenvalue weighted by Gasteiger charge is 2.48. The number of likely N-dealkylation sites (tertiary alicyclic amines) is 1. The number of carbonyl (C=O) groups is 4. The number of esters is 1. The van der Waals surface area contributed by atoms with Gasteiger partial charge >= 0.3 is 12.1 Å². The molecule has 2 aliphatic heterocycles. The number of hydrogen-bond donors (Lipinski definition) is 2. The van der Waals surface area contributed by atoms with Crippen molar-refractivity contribution in [2.24, 2.45) is 23.7 Å². The van der Waals surface area contributed by atoms with Gasteiger partial charge in [-0.3, -0.25) is 14.2 Å². The van der Waals surface area contributed by atoms with E-state index in [4.69, 9.17) is 9.47 Å². The molecule has 1 unspecified atom stereocenters. The van der Waals surface area contributed by atoms with Gasteiger partial charge < -0.3 is 25.0 Å². The summed E-state index contributed by atoms with van der Waals surface area (Å²) in [6, 6.07) is 6.48. The van der Waals surface area contributed by atoms with Crippen LogP contribution in [0.25, 0.3) is 10.9 Å². The molecule has 0 radical (unpaired) electrons. The normalized spacial score (nSPS) is 27.2. The summed E-state index contributed by atoms with van der Waals surface area (Å²) >= 11 is 0. The number of anilines is 1. The van der Waals surface area contributed by atoms with Crippen molar-refractivity contribution in [1.29, 1.82) is 0 Å². The van der Waals surface area contributed by atoms with Crippen molar-refractivity contribution in [3.05, 3.63) is 30.0 Å². The number of hydrogen-bond acceptors (Lipinski definition) is 6. The van der Waals surface area contributed by atoms with Crippen molar-refractivity contribution < 1.29 is 33.0 Å². The predicted molar refractivity (Wildman–Crippen MR) is 192 cm³/mol. The van der Waals surface area contributed by atoms with Crippen molar-refractivity contribution >= 4 is 40.5 Å². The molecule has 2 aromatic rings. The Bertz CT molecular complexity index is 1630. The quantitative estimate of drug-likeness (QED) is 0.284. The summed E-state index contributed by atoms with van der Waals surface area (Å²) in [7, 11) is 0. The van der Waals surface area contributed by atoms with Crippen LogP contribution in [0.15, 0.2) is 24.3 Å².